The van der Waals surface area contributed by atoms with Crippen LogP contribution in [0.4, 0.5) is 31.1 Å². The number of alkyl halides is 6. The zero-order valence-electron chi connectivity index (χ0n) is 20.3. The summed E-state index contributed by atoms with van der Waals surface area (Å²) in [7, 11) is 0. The van der Waals surface area contributed by atoms with Gasteiger partial charge in [0.15, 0.2) is 5.82 Å². The average molecular weight is 545 g/mol. The van der Waals surface area contributed by atoms with E-state index in [9.17, 15) is 31.1 Å². The molecule has 7 rings (SSSR count). The van der Waals surface area contributed by atoms with Gasteiger partial charge in [-0.2, -0.15) is 31.4 Å². The van der Waals surface area contributed by atoms with E-state index in [-0.39, 0.29) is 41.6 Å². The Kier molecular flexibility index (Phi) is 4.71. The van der Waals surface area contributed by atoms with Crippen LogP contribution in [-0.4, -0.2) is 78.1 Å². The topological polar surface area (TPSA) is 95.8 Å². The van der Waals surface area contributed by atoms with Gasteiger partial charge >= 0.3 is 18.4 Å². The molecule has 15 heteroatoms. The molecule has 206 valence electrons. The lowest BCUT2D eigenvalue weighted by molar-refractivity contribution is -0.162. The fourth-order valence-electron chi connectivity index (χ4n) is 7.16. The highest BCUT2D eigenvalue weighted by molar-refractivity contribution is 5.77. The third-order valence-electron chi connectivity index (χ3n) is 9.30. The number of nitrogens with zero attached hydrogens (tertiary/aromatic N) is 7. The van der Waals surface area contributed by atoms with Crippen molar-refractivity contribution >= 4 is 6.03 Å². The highest BCUT2D eigenvalue weighted by Crippen LogP contribution is 2.58. The molecule has 5 aliphatic rings. The number of nitrogens with one attached hydrogen (secondary N) is 1. The van der Waals surface area contributed by atoms with Gasteiger partial charge in [0.05, 0.1) is 6.04 Å². The van der Waals surface area contributed by atoms with Crippen LogP contribution in [0.2, 0.25) is 0 Å². The van der Waals surface area contributed by atoms with Crippen molar-refractivity contribution in [3.8, 4) is 0 Å². The van der Waals surface area contributed by atoms with Crippen LogP contribution in [0.25, 0.3) is 0 Å². The number of H-pyrrole nitrogens is 1. The van der Waals surface area contributed by atoms with E-state index in [0.717, 1.165) is 19.2 Å². The number of aromatic nitrogens is 6. The van der Waals surface area contributed by atoms with Crippen LogP contribution >= 0.6 is 0 Å². The summed E-state index contributed by atoms with van der Waals surface area (Å²) in [4.78, 5) is 24.0. The maximum atomic E-state index is 13.3. The molecule has 0 unspecified atom stereocenters. The minimum atomic E-state index is -4.56. The van der Waals surface area contributed by atoms with Gasteiger partial charge in [0.25, 0.3) is 5.82 Å². The second-order valence-electron chi connectivity index (χ2n) is 12.3. The smallest absolute Gasteiger partial charge is 0.323 e. The number of hydrogen-bond donors (Lipinski definition) is 1. The number of rotatable bonds is 4. The molecule has 0 bridgehead atoms. The third kappa shape index (κ3) is 3.63. The molecular formula is C23H26F6N8O. The Morgan fingerprint density at radius 2 is 1.58 bits per heavy atom. The Morgan fingerprint density at radius 3 is 2.11 bits per heavy atom. The van der Waals surface area contributed by atoms with Gasteiger partial charge in [0, 0.05) is 43.4 Å². The summed E-state index contributed by atoms with van der Waals surface area (Å²) in [5, 5.41) is 10.1. The Balaban J connectivity index is 0.845. The van der Waals surface area contributed by atoms with Gasteiger partial charge in [-0.1, -0.05) is 0 Å². The molecule has 9 nitrogen and oxygen atoms in total. The molecule has 5 fully saturated rings. The minimum absolute atomic E-state index is 0.00461. The molecule has 2 aromatic rings. The quantitative estimate of drug-likeness (QED) is 0.592. The molecule has 1 N–H and O–H groups in total. The Hall–Kier alpha value is -2.87. The summed E-state index contributed by atoms with van der Waals surface area (Å²) in [6.07, 6.45) is -3.97. The minimum Gasteiger partial charge on any atom is -0.323 e. The first-order valence-electron chi connectivity index (χ1n) is 12.8. The molecule has 0 aromatic carbocycles. The molecule has 38 heavy (non-hydrogen) atoms. The molecule has 3 aliphatic carbocycles. The lowest BCUT2D eigenvalue weighted by atomic mass is 9.57. The zero-order chi connectivity index (χ0) is 26.7. The highest BCUT2D eigenvalue weighted by Gasteiger charge is 2.67. The summed E-state index contributed by atoms with van der Waals surface area (Å²) in [6.45, 7) is 2.55. The van der Waals surface area contributed by atoms with E-state index in [4.69, 9.17) is 0 Å². The number of likely N-dealkylation sites (tertiary alicyclic amines) is 2. The zero-order valence-corrected chi connectivity index (χ0v) is 20.3. The van der Waals surface area contributed by atoms with Gasteiger partial charge < -0.3 is 9.80 Å². The largest absolute Gasteiger partial charge is 0.453 e. The van der Waals surface area contributed by atoms with Crippen molar-refractivity contribution in [3.63, 3.8) is 0 Å². The molecular weight excluding hydrogens is 518 g/mol. The average Bonchev–Trinajstić information content (AvgIpc) is 3.17. The first-order chi connectivity index (χ1) is 17.8. The van der Waals surface area contributed by atoms with Crippen molar-refractivity contribution in [1.82, 2.24) is 39.7 Å². The number of amides is 2. The molecule has 2 spiro atoms. The van der Waals surface area contributed by atoms with Crippen molar-refractivity contribution in [2.75, 3.05) is 26.2 Å². The lowest BCUT2D eigenvalue weighted by Gasteiger charge is -2.63. The van der Waals surface area contributed by atoms with E-state index in [1.54, 1.807) is 4.90 Å². The first kappa shape index (κ1) is 24.2. The number of urea groups is 1. The van der Waals surface area contributed by atoms with Gasteiger partial charge in [-0.3, -0.25) is 5.10 Å². The van der Waals surface area contributed by atoms with E-state index in [2.05, 4.69) is 25.3 Å². The fourth-order valence-corrected chi connectivity index (χ4v) is 7.16. The summed E-state index contributed by atoms with van der Waals surface area (Å²) in [5.74, 6) is -0.477. The molecule has 2 aliphatic heterocycles. The standard InChI is InChI=1S/C23H26F6N8O/c24-22(25,26)17-30-12-37(34-17)14-6-20(7-14)10-36(11-20)18(38)35-8-19(9-35)4-13(5-19)3-15-31-16(33-32-15)21(1-2-21)23(27,28)29/h12-14H,1-11H2,(H,31,32,33). The van der Waals surface area contributed by atoms with Crippen molar-refractivity contribution in [3.05, 3.63) is 23.8 Å². The van der Waals surface area contributed by atoms with Gasteiger partial charge in [-0.05, 0) is 44.4 Å². The van der Waals surface area contributed by atoms with Crippen molar-refractivity contribution in [2.24, 2.45) is 16.7 Å². The molecule has 4 heterocycles. The van der Waals surface area contributed by atoms with E-state index in [1.807, 2.05) is 4.90 Å². The number of hydrogen-bond acceptors (Lipinski definition) is 5. The van der Waals surface area contributed by atoms with E-state index in [1.165, 1.54) is 4.68 Å². The van der Waals surface area contributed by atoms with Crippen LogP contribution < -0.4 is 0 Å². The first-order valence-corrected chi connectivity index (χ1v) is 12.8. The molecule has 2 aromatic heterocycles. The molecule has 0 radical (unpaired) electrons. The fraction of sp³-hybridized carbons (Fsp3) is 0.783. The third-order valence-corrected chi connectivity index (χ3v) is 9.30. The van der Waals surface area contributed by atoms with Crippen LogP contribution in [0.5, 0.6) is 0 Å². The van der Waals surface area contributed by atoms with E-state index < -0.39 is 23.6 Å². The maximum absolute atomic E-state index is 13.3. The van der Waals surface area contributed by atoms with Crippen LogP contribution in [0, 0.1) is 16.7 Å². The van der Waals surface area contributed by atoms with E-state index >= 15 is 0 Å². The van der Waals surface area contributed by atoms with Crippen molar-refractivity contribution in [1.29, 1.82) is 0 Å². The molecule has 2 amide bonds. The maximum Gasteiger partial charge on any atom is 0.453 e. The molecule has 0 atom stereocenters. The summed E-state index contributed by atoms with van der Waals surface area (Å²) in [6, 6.07) is -0.131. The normalized spacial score (nSPS) is 25.6. The van der Waals surface area contributed by atoms with Crippen molar-refractivity contribution in [2.45, 2.75) is 68.8 Å². The van der Waals surface area contributed by atoms with Gasteiger partial charge in [0.2, 0.25) is 0 Å². The number of halogens is 6. The summed E-state index contributed by atoms with van der Waals surface area (Å²) < 4.78 is 79.3. The Bertz CT molecular complexity index is 1250. The number of carbonyl (C=O) groups excluding carboxylic acids is 1. The van der Waals surface area contributed by atoms with E-state index in [0.29, 0.717) is 57.2 Å². The summed E-state index contributed by atoms with van der Waals surface area (Å²) in [5.41, 5.74) is -1.84. The van der Waals surface area contributed by atoms with Crippen LogP contribution in [0.3, 0.4) is 0 Å². The predicted octanol–water partition coefficient (Wildman–Crippen LogP) is 3.72. The number of aromatic amines is 1. The van der Waals surface area contributed by atoms with Gasteiger partial charge in [-0.25, -0.2) is 19.4 Å². The predicted molar refractivity (Wildman–Crippen MR) is 116 cm³/mol. The lowest BCUT2D eigenvalue weighted by Crippen LogP contribution is -2.71. The SMILES string of the molecule is O=C(N1CC2(CC(Cc3nc(C4(C(F)(F)F)CC4)n[nH]3)C2)C1)N1CC2(CC(n3cnc(C(F)(F)F)n3)C2)C1. The second kappa shape index (κ2) is 7.40. The molecule has 3 saturated carbocycles. The van der Waals surface area contributed by atoms with Crippen LogP contribution in [0.1, 0.15) is 62.0 Å². The summed E-state index contributed by atoms with van der Waals surface area (Å²) >= 11 is 0. The van der Waals surface area contributed by atoms with Gasteiger partial charge in [-0.15, -0.1) is 5.10 Å². The van der Waals surface area contributed by atoms with Crippen molar-refractivity contribution < 1.29 is 31.1 Å². The van der Waals surface area contributed by atoms with Crippen LogP contribution in [0.15, 0.2) is 6.33 Å². The van der Waals surface area contributed by atoms with Crippen LogP contribution in [-0.2, 0) is 18.0 Å². The molecule has 2 saturated heterocycles. The Labute approximate surface area is 213 Å². The highest BCUT2D eigenvalue weighted by atomic mass is 19.4. The van der Waals surface area contributed by atoms with Gasteiger partial charge in [0.1, 0.15) is 17.6 Å². The Morgan fingerprint density at radius 1 is 0.974 bits per heavy atom. The number of carbonyl (C=O) groups is 1. The second-order valence-corrected chi connectivity index (χ2v) is 12.3. The monoisotopic (exact) mass is 544 g/mol.